The predicted octanol–water partition coefficient (Wildman–Crippen LogP) is 2.57. The summed E-state index contributed by atoms with van der Waals surface area (Å²) in [5, 5.41) is 2.85. The zero-order valence-electron chi connectivity index (χ0n) is 18.3. The van der Waals surface area contributed by atoms with E-state index < -0.39 is 17.9 Å². The molecule has 0 saturated heterocycles. The van der Waals surface area contributed by atoms with Gasteiger partial charge in [0.25, 0.3) is 11.8 Å². The second-order valence-corrected chi connectivity index (χ2v) is 7.87. The summed E-state index contributed by atoms with van der Waals surface area (Å²) in [5.74, 6) is -1.38. The molecule has 0 bridgehead atoms. The molecule has 3 amide bonds. The van der Waals surface area contributed by atoms with E-state index in [4.69, 9.17) is 16.2 Å². The molecule has 0 fully saturated rings. The monoisotopic (exact) mass is 467 g/mol. The molecule has 0 aliphatic rings. The van der Waals surface area contributed by atoms with E-state index in [-0.39, 0.29) is 22.2 Å². The number of primary amides is 1. The lowest BCUT2D eigenvalue weighted by Gasteiger charge is -2.29. The summed E-state index contributed by atoms with van der Waals surface area (Å²) in [5.41, 5.74) is 12.3. The van der Waals surface area contributed by atoms with E-state index in [1.807, 2.05) is 37.3 Å². The van der Waals surface area contributed by atoms with Crippen LogP contribution in [0.4, 0.5) is 11.4 Å². The Balaban J connectivity index is 1.97. The fraction of sp³-hybridized carbons (Fsp3) is 0.217. The van der Waals surface area contributed by atoms with Crippen LogP contribution in [0.5, 0.6) is 5.75 Å². The van der Waals surface area contributed by atoms with E-state index in [9.17, 15) is 14.4 Å². The molecular formula is C23H25N5O4S. The first-order valence-corrected chi connectivity index (χ1v) is 11.0. The third-order valence-corrected chi connectivity index (χ3v) is 5.73. The van der Waals surface area contributed by atoms with Gasteiger partial charge in [-0.1, -0.05) is 42.5 Å². The van der Waals surface area contributed by atoms with Gasteiger partial charge < -0.3 is 21.5 Å². The quantitative estimate of drug-likeness (QED) is 0.442. The third-order valence-electron chi connectivity index (χ3n) is 4.88. The number of para-hydroxylation sites is 2. The van der Waals surface area contributed by atoms with Crippen LogP contribution in [0.15, 0.2) is 54.6 Å². The number of rotatable bonds is 9. The first-order valence-electron chi connectivity index (χ1n) is 10.3. The highest BCUT2D eigenvalue weighted by Crippen LogP contribution is 2.33. The van der Waals surface area contributed by atoms with Gasteiger partial charge in [-0.05, 0) is 43.1 Å². The molecule has 2 aromatic carbocycles. The van der Waals surface area contributed by atoms with E-state index in [2.05, 4.69) is 9.69 Å². The van der Waals surface area contributed by atoms with E-state index in [1.54, 1.807) is 31.2 Å². The predicted molar refractivity (Wildman–Crippen MR) is 127 cm³/mol. The molecule has 0 aliphatic heterocycles. The number of carbonyl (C=O) groups excluding carboxylic acids is 3. The number of hydrogen-bond acceptors (Lipinski definition) is 7. The van der Waals surface area contributed by atoms with Gasteiger partial charge in [-0.15, -0.1) is 0 Å². The Bertz CT molecular complexity index is 1150. The molecule has 3 aromatic rings. The normalized spacial score (nSPS) is 11.5. The summed E-state index contributed by atoms with van der Waals surface area (Å²) in [6.45, 7) is 4.09. The Morgan fingerprint density at radius 1 is 1.12 bits per heavy atom. The average molecular weight is 468 g/mol. The van der Waals surface area contributed by atoms with Crippen LogP contribution in [0, 0.1) is 0 Å². The topological polar surface area (TPSA) is 141 Å². The first-order chi connectivity index (χ1) is 15.8. The summed E-state index contributed by atoms with van der Waals surface area (Å²) in [6.07, 6.45) is 0. The first kappa shape index (κ1) is 23.7. The number of nitrogens with zero attached hydrogens (tertiary/aromatic N) is 2. The average Bonchev–Trinajstić information content (AvgIpc) is 3.21. The number of nitrogens with one attached hydrogen (secondary N) is 1. The summed E-state index contributed by atoms with van der Waals surface area (Å²) in [6, 6.07) is 15.4. The molecule has 10 heteroatoms. The zero-order chi connectivity index (χ0) is 24.0. The van der Waals surface area contributed by atoms with Crippen LogP contribution < -0.4 is 26.4 Å². The Kier molecular flexibility index (Phi) is 7.62. The van der Waals surface area contributed by atoms with Crippen LogP contribution in [0.3, 0.4) is 0 Å². The van der Waals surface area contributed by atoms with Crippen molar-refractivity contribution in [1.29, 1.82) is 0 Å². The molecular weight excluding hydrogens is 442 g/mol. The van der Waals surface area contributed by atoms with Crippen LogP contribution in [0.2, 0.25) is 0 Å². The van der Waals surface area contributed by atoms with Crippen LogP contribution >= 0.6 is 11.5 Å². The molecule has 0 spiro atoms. The van der Waals surface area contributed by atoms with Crippen molar-refractivity contribution in [3.05, 3.63) is 70.7 Å². The van der Waals surface area contributed by atoms with Crippen LogP contribution in [0.25, 0.3) is 0 Å². The van der Waals surface area contributed by atoms with Gasteiger partial charge in [-0.2, -0.15) is 4.37 Å². The minimum atomic E-state index is -0.929. The minimum Gasteiger partial charge on any atom is -0.492 e. The van der Waals surface area contributed by atoms with Gasteiger partial charge >= 0.3 is 0 Å². The van der Waals surface area contributed by atoms with Crippen molar-refractivity contribution < 1.29 is 19.1 Å². The van der Waals surface area contributed by atoms with Gasteiger partial charge in [0.1, 0.15) is 16.7 Å². The minimum absolute atomic E-state index is 0.0119. The van der Waals surface area contributed by atoms with Gasteiger partial charge in [-0.25, -0.2) is 0 Å². The largest absolute Gasteiger partial charge is 0.492 e. The van der Waals surface area contributed by atoms with Crippen molar-refractivity contribution in [1.82, 2.24) is 9.69 Å². The van der Waals surface area contributed by atoms with Crippen molar-refractivity contribution in [2.75, 3.05) is 17.2 Å². The Morgan fingerprint density at radius 2 is 1.79 bits per heavy atom. The Hall–Kier alpha value is -3.92. The molecule has 1 heterocycles. The summed E-state index contributed by atoms with van der Waals surface area (Å²) in [7, 11) is 0. The van der Waals surface area contributed by atoms with Crippen molar-refractivity contribution >= 4 is 40.6 Å². The van der Waals surface area contributed by atoms with Crippen molar-refractivity contribution in [2.24, 2.45) is 5.73 Å². The maximum absolute atomic E-state index is 13.6. The molecule has 33 heavy (non-hydrogen) atoms. The molecule has 1 unspecified atom stereocenters. The van der Waals surface area contributed by atoms with Gasteiger partial charge in [0.2, 0.25) is 5.91 Å². The fourth-order valence-corrected chi connectivity index (χ4v) is 3.96. The molecule has 1 aromatic heterocycles. The molecule has 3 rings (SSSR count). The fourth-order valence-electron chi connectivity index (χ4n) is 3.22. The number of carbonyl (C=O) groups is 3. The number of ether oxygens (including phenoxy) is 1. The maximum atomic E-state index is 13.6. The smallest absolute Gasteiger partial charge is 0.272 e. The number of benzene rings is 2. The SMILES string of the molecule is CCOc1ccccc1N(C(=O)c1snc(C(N)=O)c1N)C(C)C(=O)NCc1ccccc1. The van der Waals surface area contributed by atoms with Crippen LogP contribution in [-0.2, 0) is 11.3 Å². The molecule has 0 saturated carbocycles. The van der Waals surface area contributed by atoms with E-state index >= 15 is 0 Å². The van der Waals surface area contributed by atoms with E-state index in [0.717, 1.165) is 17.1 Å². The second kappa shape index (κ2) is 10.6. The number of amides is 3. The highest BCUT2D eigenvalue weighted by atomic mass is 32.1. The van der Waals surface area contributed by atoms with E-state index in [1.165, 1.54) is 4.90 Å². The Labute approximate surface area is 195 Å². The number of hydrogen-bond donors (Lipinski definition) is 3. The lowest BCUT2D eigenvalue weighted by molar-refractivity contribution is -0.122. The summed E-state index contributed by atoms with van der Waals surface area (Å²) in [4.78, 5) is 39.6. The highest BCUT2D eigenvalue weighted by Gasteiger charge is 2.33. The van der Waals surface area contributed by atoms with Crippen molar-refractivity contribution in [3.8, 4) is 5.75 Å². The zero-order valence-corrected chi connectivity index (χ0v) is 19.1. The van der Waals surface area contributed by atoms with Gasteiger partial charge in [0.05, 0.1) is 18.0 Å². The molecule has 0 radical (unpaired) electrons. The number of aromatic nitrogens is 1. The summed E-state index contributed by atoms with van der Waals surface area (Å²) < 4.78 is 9.61. The molecule has 0 aliphatic carbocycles. The lowest BCUT2D eigenvalue weighted by atomic mass is 10.1. The second-order valence-electron chi connectivity index (χ2n) is 7.09. The van der Waals surface area contributed by atoms with Crippen LogP contribution in [0.1, 0.15) is 39.6 Å². The molecule has 5 N–H and O–H groups in total. The maximum Gasteiger partial charge on any atom is 0.272 e. The van der Waals surface area contributed by atoms with Gasteiger partial charge in [0, 0.05) is 6.54 Å². The van der Waals surface area contributed by atoms with Gasteiger partial charge in [0.15, 0.2) is 5.69 Å². The molecule has 9 nitrogen and oxygen atoms in total. The number of nitrogen functional groups attached to an aromatic ring is 1. The van der Waals surface area contributed by atoms with Crippen LogP contribution in [-0.4, -0.2) is 34.7 Å². The summed E-state index contributed by atoms with van der Waals surface area (Å²) >= 11 is 0.755. The number of nitrogens with two attached hydrogens (primary N) is 2. The van der Waals surface area contributed by atoms with Gasteiger partial charge in [-0.3, -0.25) is 19.3 Å². The third kappa shape index (κ3) is 5.29. The van der Waals surface area contributed by atoms with Crippen molar-refractivity contribution in [2.45, 2.75) is 26.4 Å². The molecule has 172 valence electrons. The van der Waals surface area contributed by atoms with Crippen molar-refractivity contribution in [3.63, 3.8) is 0 Å². The number of anilines is 2. The van der Waals surface area contributed by atoms with E-state index in [0.29, 0.717) is 24.6 Å². The lowest BCUT2D eigenvalue weighted by Crippen LogP contribution is -2.48. The highest BCUT2D eigenvalue weighted by molar-refractivity contribution is 7.09. The standard InChI is InChI=1S/C23H25N5O4S/c1-3-32-17-12-8-7-11-16(17)28(23(31)20-18(24)19(21(25)29)27-33-20)14(2)22(30)26-13-15-9-5-4-6-10-15/h4-12,14H,3,13,24H2,1-2H3,(H2,25,29)(H,26,30). The Morgan fingerprint density at radius 3 is 2.42 bits per heavy atom. The molecule has 1 atom stereocenters.